The summed E-state index contributed by atoms with van der Waals surface area (Å²) >= 11 is 1.11. The molecule has 0 saturated heterocycles. The Hall–Kier alpha value is -2.83. The summed E-state index contributed by atoms with van der Waals surface area (Å²) in [5.74, 6) is -1.28. The van der Waals surface area contributed by atoms with Gasteiger partial charge in [-0.15, -0.1) is 0 Å². The molecule has 0 aromatic heterocycles. The molecular formula is C19H21N3O5S. The van der Waals surface area contributed by atoms with Crippen molar-refractivity contribution < 1.29 is 23.9 Å². The topological polar surface area (TPSA) is 118 Å². The van der Waals surface area contributed by atoms with Crippen molar-refractivity contribution in [3.63, 3.8) is 0 Å². The number of allylic oxidation sites excluding steroid dienone is 1. The molecule has 1 aromatic carbocycles. The van der Waals surface area contributed by atoms with Crippen LogP contribution >= 0.6 is 11.8 Å². The standard InChI is InChI=1S/C19H21N3O5S/c1-26-8-7-21-17(24)11-28-18-15(10-20)14(9-16(23)22-18)12-3-5-13(6-4-12)19(25)27-2/h3-6,14H,7-9,11H2,1-2H3,(H,21,24)(H,22,23)/t14-/m1/s1. The third-order valence-electron chi connectivity index (χ3n) is 4.07. The van der Waals surface area contributed by atoms with E-state index in [9.17, 15) is 19.6 Å². The van der Waals surface area contributed by atoms with Gasteiger partial charge in [0.15, 0.2) is 0 Å². The summed E-state index contributed by atoms with van der Waals surface area (Å²) in [7, 11) is 2.84. The minimum atomic E-state index is -0.459. The first-order valence-electron chi connectivity index (χ1n) is 8.51. The van der Waals surface area contributed by atoms with Gasteiger partial charge in [-0.2, -0.15) is 5.26 Å². The van der Waals surface area contributed by atoms with Crippen molar-refractivity contribution in [3.05, 3.63) is 46.0 Å². The molecule has 0 spiro atoms. The SMILES string of the molecule is COCCNC(=O)CSC1=C(C#N)[C@@H](c2ccc(C(=O)OC)cc2)CC(=O)N1. The van der Waals surface area contributed by atoms with Gasteiger partial charge in [-0.25, -0.2) is 4.79 Å². The van der Waals surface area contributed by atoms with Crippen LogP contribution in [0.15, 0.2) is 34.9 Å². The zero-order chi connectivity index (χ0) is 20.5. The number of esters is 1. The Morgan fingerprint density at radius 3 is 2.64 bits per heavy atom. The first-order valence-corrected chi connectivity index (χ1v) is 9.49. The molecule has 1 aliphatic rings. The Bertz CT molecular complexity index is 814. The van der Waals surface area contributed by atoms with Crippen molar-refractivity contribution in [2.45, 2.75) is 12.3 Å². The Morgan fingerprint density at radius 1 is 1.32 bits per heavy atom. The van der Waals surface area contributed by atoms with E-state index in [-0.39, 0.29) is 24.0 Å². The molecule has 0 saturated carbocycles. The average Bonchev–Trinajstić information content (AvgIpc) is 2.71. The highest BCUT2D eigenvalue weighted by molar-refractivity contribution is 8.03. The molecule has 2 amide bonds. The fourth-order valence-corrected chi connectivity index (χ4v) is 3.58. The molecule has 0 radical (unpaired) electrons. The van der Waals surface area contributed by atoms with Gasteiger partial charge in [0.1, 0.15) is 0 Å². The lowest BCUT2D eigenvalue weighted by atomic mass is 9.87. The second-order valence-electron chi connectivity index (χ2n) is 5.90. The number of nitriles is 1. The molecule has 148 valence electrons. The molecule has 8 nitrogen and oxygen atoms in total. The van der Waals surface area contributed by atoms with E-state index in [1.54, 1.807) is 31.4 Å². The maximum atomic E-state index is 12.1. The Labute approximate surface area is 167 Å². The van der Waals surface area contributed by atoms with Crippen LogP contribution in [0.1, 0.15) is 28.3 Å². The van der Waals surface area contributed by atoms with Crippen molar-refractivity contribution in [2.24, 2.45) is 0 Å². The number of rotatable bonds is 8. The molecule has 9 heteroatoms. The van der Waals surface area contributed by atoms with Crippen LogP contribution < -0.4 is 10.6 Å². The smallest absolute Gasteiger partial charge is 0.337 e. The van der Waals surface area contributed by atoms with Crippen LogP contribution in [0.2, 0.25) is 0 Å². The number of benzene rings is 1. The lowest BCUT2D eigenvalue weighted by molar-refractivity contribution is -0.121. The number of hydrogen-bond acceptors (Lipinski definition) is 7. The van der Waals surface area contributed by atoms with E-state index in [0.29, 0.717) is 29.3 Å². The van der Waals surface area contributed by atoms with Gasteiger partial charge in [0.2, 0.25) is 11.8 Å². The third-order valence-corrected chi connectivity index (χ3v) is 5.08. The predicted molar refractivity (Wildman–Crippen MR) is 103 cm³/mol. The Kier molecular flexibility index (Phi) is 8.04. The van der Waals surface area contributed by atoms with Crippen LogP contribution in [0, 0.1) is 11.3 Å². The Morgan fingerprint density at radius 2 is 2.04 bits per heavy atom. The summed E-state index contributed by atoms with van der Waals surface area (Å²) in [6, 6.07) is 8.74. The summed E-state index contributed by atoms with van der Waals surface area (Å²) in [6.45, 7) is 0.796. The molecule has 0 fully saturated rings. The largest absolute Gasteiger partial charge is 0.465 e. The van der Waals surface area contributed by atoms with Gasteiger partial charge in [0.25, 0.3) is 0 Å². The van der Waals surface area contributed by atoms with Crippen molar-refractivity contribution in [3.8, 4) is 6.07 Å². The molecular weight excluding hydrogens is 382 g/mol. The van der Waals surface area contributed by atoms with E-state index in [4.69, 9.17) is 4.74 Å². The van der Waals surface area contributed by atoms with Crippen molar-refractivity contribution in [2.75, 3.05) is 33.1 Å². The summed E-state index contributed by atoms with van der Waals surface area (Å²) in [4.78, 5) is 35.6. The fourth-order valence-electron chi connectivity index (χ4n) is 2.67. The van der Waals surface area contributed by atoms with E-state index in [2.05, 4.69) is 21.4 Å². The van der Waals surface area contributed by atoms with Gasteiger partial charge in [-0.3, -0.25) is 9.59 Å². The highest BCUT2D eigenvalue weighted by atomic mass is 32.2. The molecule has 28 heavy (non-hydrogen) atoms. The molecule has 1 aromatic rings. The van der Waals surface area contributed by atoms with Crippen LogP contribution in [0.25, 0.3) is 0 Å². The number of ether oxygens (including phenoxy) is 2. The quantitative estimate of drug-likeness (QED) is 0.496. The van der Waals surface area contributed by atoms with Crippen molar-refractivity contribution >= 4 is 29.5 Å². The highest BCUT2D eigenvalue weighted by Crippen LogP contribution is 2.35. The molecule has 0 aliphatic carbocycles. The Balaban J connectivity index is 2.16. The fraction of sp³-hybridized carbons (Fsp3) is 0.368. The predicted octanol–water partition coefficient (Wildman–Crippen LogP) is 1.31. The van der Waals surface area contributed by atoms with Crippen molar-refractivity contribution in [1.82, 2.24) is 10.6 Å². The van der Waals surface area contributed by atoms with E-state index in [0.717, 1.165) is 17.3 Å². The minimum absolute atomic E-state index is 0.0680. The maximum Gasteiger partial charge on any atom is 0.337 e. The second-order valence-corrected chi connectivity index (χ2v) is 6.89. The molecule has 1 atom stereocenters. The molecule has 1 heterocycles. The summed E-state index contributed by atoms with van der Waals surface area (Å²) < 4.78 is 9.54. The van der Waals surface area contributed by atoms with Gasteiger partial charge < -0.3 is 20.1 Å². The van der Waals surface area contributed by atoms with Gasteiger partial charge in [0.05, 0.1) is 41.7 Å². The van der Waals surface area contributed by atoms with Gasteiger partial charge in [0, 0.05) is 26.0 Å². The average molecular weight is 403 g/mol. The van der Waals surface area contributed by atoms with Crippen LogP contribution in [0.5, 0.6) is 0 Å². The number of amides is 2. The molecule has 0 unspecified atom stereocenters. The monoisotopic (exact) mass is 403 g/mol. The summed E-state index contributed by atoms with van der Waals surface area (Å²) in [6.07, 6.45) is 0.116. The van der Waals surface area contributed by atoms with E-state index >= 15 is 0 Å². The maximum absolute atomic E-state index is 12.1. The van der Waals surface area contributed by atoms with Crippen LogP contribution in [-0.2, 0) is 19.1 Å². The van der Waals surface area contributed by atoms with Crippen LogP contribution in [0.4, 0.5) is 0 Å². The van der Waals surface area contributed by atoms with Gasteiger partial charge in [-0.05, 0) is 17.7 Å². The number of nitrogens with one attached hydrogen (secondary N) is 2. The molecule has 2 N–H and O–H groups in total. The first-order chi connectivity index (χ1) is 13.5. The number of nitrogens with zero attached hydrogens (tertiary/aromatic N) is 1. The lowest BCUT2D eigenvalue weighted by Crippen LogP contribution is -2.33. The van der Waals surface area contributed by atoms with Crippen LogP contribution in [0.3, 0.4) is 0 Å². The lowest BCUT2D eigenvalue weighted by Gasteiger charge is -2.25. The van der Waals surface area contributed by atoms with E-state index < -0.39 is 11.9 Å². The summed E-state index contributed by atoms with van der Waals surface area (Å²) in [5, 5.41) is 15.4. The van der Waals surface area contributed by atoms with E-state index in [1.807, 2.05) is 0 Å². The minimum Gasteiger partial charge on any atom is -0.465 e. The van der Waals surface area contributed by atoms with Gasteiger partial charge in [-0.1, -0.05) is 23.9 Å². The van der Waals surface area contributed by atoms with Gasteiger partial charge >= 0.3 is 5.97 Å². The summed E-state index contributed by atoms with van der Waals surface area (Å²) in [5.41, 5.74) is 1.51. The zero-order valence-electron chi connectivity index (χ0n) is 15.6. The number of methoxy groups -OCH3 is 2. The highest BCUT2D eigenvalue weighted by Gasteiger charge is 2.30. The third kappa shape index (κ3) is 5.58. The van der Waals surface area contributed by atoms with Crippen LogP contribution in [-0.4, -0.2) is 50.9 Å². The number of carbonyl (C=O) groups excluding carboxylic acids is 3. The number of hydrogen-bond donors (Lipinski definition) is 2. The van der Waals surface area contributed by atoms with E-state index in [1.165, 1.54) is 7.11 Å². The normalized spacial score (nSPS) is 16.2. The number of thioether (sulfide) groups is 1. The zero-order valence-corrected chi connectivity index (χ0v) is 16.4. The molecule has 1 aliphatic heterocycles. The molecule has 2 rings (SSSR count). The second kappa shape index (κ2) is 10.5. The first kappa shape index (κ1) is 21.5. The van der Waals surface area contributed by atoms with Crippen molar-refractivity contribution in [1.29, 1.82) is 5.26 Å². The number of carbonyl (C=O) groups is 3. The molecule has 0 bridgehead atoms.